The zero-order valence-electron chi connectivity index (χ0n) is 18.3. The number of hydrogen-bond donors (Lipinski definition) is 0. The number of fused-ring (bicyclic) bond motifs is 4. The number of esters is 1. The van der Waals surface area contributed by atoms with Crippen molar-refractivity contribution in [3.05, 3.63) is 70.2 Å². The number of nitrogens with zero attached hydrogens (tertiary/aromatic N) is 4. The van der Waals surface area contributed by atoms with Gasteiger partial charge in [0.1, 0.15) is 5.58 Å². The van der Waals surface area contributed by atoms with Crippen LogP contribution in [0.2, 0.25) is 0 Å². The summed E-state index contributed by atoms with van der Waals surface area (Å²) in [5.41, 5.74) is 2.05. The molecule has 0 atom stereocenters. The third-order valence-corrected chi connectivity index (χ3v) is 6.39. The summed E-state index contributed by atoms with van der Waals surface area (Å²) >= 11 is 1.43. The summed E-state index contributed by atoms with van der Waals surface area (Å²) in [5, 5.41) is 10.8. The number of rotatable bonds is 7. The van der Waals surface area contributed by atoms with Crippen LogP contribution in [0.3, 0.4) is 0 Å². The molecule has 9 heteroatoms. The zero-order valence-corrected chi connectivity index (χ0v) is 19.1. The van der Waals surface area contributed by atoms with E-state index in [2.05, 4.69) is 10.2 Å². The number of ether oxygens (including phenoxy) is 1. The van der Waals surface area contributed by atoms with Crippen LogP contribution in [-0.4, -0.2) is 31.7 Å². The summed E-state index contributed by atoms with van der Waals surface area (Å²) in [4.78, 5) is 25.6. The summed E-state index contributed by atoms with van der Waals surface area (Å²) in [6.07, 6.45) is 0.799. The molecule has 0 spiro atoms. The highest BCUT2D eigenvalue weighted by atomic mass is 32.2. The van der Waals surface area contributed by atoms with E-state index in [4.69, 9.17) is 9.15 Å². The Hall–Kier alpha value is -3.59. The molecule has 0 aliphatic carbocycles. The number of hydrogen-bond acceptors (Lipinski definition) is 7. The van der Waals surface area contributed by atoms with Gasteiger partial charge in [0.15, 0.2) is 5.16 Å². The molecule has 168 valence electrons. The van der Waals surface area contributed by atoms with Crippen molar-refractivity contribution in [1.29, 1.82) is 0 Å². The van der Waals surface area contributed by atoms with Crippen LogP contribution in [0.1, 0.15) is 36.4 Å². The van der Waals surface area contributed by atoms with Gasteiger partial charge in [-0.1, -0.05) is 49.0 Å². The van der Waals surface area contributed by atoms with E-state index in [1.165, 1.54) is 11.8 Å². The number of furan rings is 1. The molecule has 33 heavy (non-hydrogen) atoms. The Morgan fingerprint density at radius 3 is 2.61 bits per heavy atom. The van der Waals surface area contributed by atoms with Crippen LogP contribution in [0.5, 0.6) is 0 Å². The molecule has 3 heterocycles. The van der Waals surface area contributed by atoms with E-state index in [1.54, 1.807) is 11.5 Å². The van der Waals surface area contributed by atoms with Gasteiger partial charge in [0.05, 0.1) is 17.5 Å². The molecule has 0 aliphatic rings. The van der Waals surface area contributed by atoms with Crippen molar-refractivity contribution in [2.45, 2.75) is 37.7 Å². The molecule has 8 nitrogen and oxygen atoms in total. The number of carbonyl (C=O) groups excluding carboxylic acids is 1. The minimum Gasteiger partial charge on any atom is -0.460 e. The van der Waals surface area contributed by atoms with Crippen LogP contribution in [0.4, 0.5) is 0 Å². The molecular weight excluding hydrogens is 440 g/mol. The minimum absolute atomic E-state index is 0.0747. The van der Waals surface area contributed by atoms with Crippen molar-refractivity contribution >= 4 is 45.4 Å². The average molecular weight is 463 g/mol. The van der Waals surface area contributed by atoms with Crippen molar-refractivity contribution in [3.63, 3.8) is 0 Å². The molecule has 5 aromatic rings. The molecule has 5 rings (SSSR count). The Morgan fingerprint density at radius 1 is 1.06 bits per heavy atom. The first-order chi connectivity index (χ1) is 16.1. The van der Waals surface area contributed by atoms with Crippen LogP contribution in [-0.2, 0) is 17.0 Å². The largest absolute Gasteiger partial charge is 0.460 e. The van der Waals surface area contributed by atoms with Gasteiger partial charge < -0.3 is 9.15 Å². The van der Waals surface area contributed by atoms with Gasteiger partial charge in [-0.3, -0.25) is 13.8 Å². The zero-order chi connectivity index (χ0) is 22.9. The summed E-state index contributed by atoms with van der Waals surface area (Å²) in [7, 11) is 0. The van der Waals surface area contributed by atoms with Crippen molar-refractivity contribution < 1.29 is 13.9 Å². The monoisotopic (exact) mass is 462 g/mol. The second-order valence-electron chi connectivity index (χ2n) is 7.51. The van der Waals surface area contributed by atoms with Crippen molar-refractivity contribution in [2.75, 3.05) is 6.61 Å². The second kappa shape index (κ2) is 8.74. The Labute approximate surface area is 193 Å². The molecule has 0 saturated heterocycles. The molecule has 0 unspecified atom stereocenters. The molecule has 0 aliphatic heterocycles. The predicted octanol–water partition coefficient (Wildman–Crippen LogP) is 4.67. The molecule has 0 amide bonds. The first-order valence-electron chi connectivity index (χ1n) is 10.8. The fraction of sp³-hybridized carbons (Fsp3) is 0.250. The molecule has 0 radical (unpaired) electrons. The smallest absolute Gasteiger partial charge is 0.374 e. The van der Waals surface area contributed by atoms with Gasteiger partial charge in [0.25, 0.3) is 5.56 Å². The number of thioether (sulfide) groups is 1. The lowest BCUT2D eigenvalue weighted by Gasteiger charge is -2.10. The predicted molar refractivity (Wildman–Crippen MR) is 127 cm³/mol. The maximum atomic E-state index is 13.0. The van der Waals surface area contributed by atoms with E-state index in [-0.39, 0.29) is 17.9 Å². The topological polar surface area (TPSA) is 91.6 Å². The SMILES string of the molecule is CCCn1c(=O)c2ccccc2n2c(SCc3c(C(=O)OCC)oc4ccccc34)nnc12. The summed E-state index contributed by atoms with van der Waals surface area (Å²) in [6, 6.07) is 15.0. The van der Waals surface area contributed by atoms with E-state index in [9.17, 15) is 9.59 Å². The lowest BCUT2D eigenvalue weighted by atomic mass is 10.1. The molecule has 0 fully saturated rings. The number of benzene rings is 2. The van der Waals surface area contributed by atoms with Gasteiger partial charge in [0, 0.05) is 23.2 Å². The van der Waals surface area contributed by atoms with Crippen LogP contribution in [0.15, 0.2) is 62.9 Å². The second-order valence-corrected chi connectivity index (χ2v) is 8.45. The van der Waals surface area contributed by atoms with Gasteiger partial charge in [-0.2, -0.15) is 0 Å². The van der Waals surface area contributed by atoms with Gasteiger partial charge in [-0.25, -0.2) is 4.79 Å². The lowest BCUT2D eigenvalue weighted by Crippen LogP contribution is -2.23. The van der Waals surface area contributed by atoms with Crippen LogP contribution < -0.4 is 5.56 Å². The first-order valence-corrected chi connectivity index (χ1v) is 11.8. The van der Waals surface area contributed by atoms with E-state index >= 15 is 0 Å². The van der Waals surface area contributed by atoms with E-state index in [1.807, 2.05) is 59.9 Å². The number of para-hydroxylation sites is 2. The van der Waals surface area contributed by atoms with Crippen molar-refractivity contribution in [2.24, 2.45) is 0 Å². The summed E-state index contributed by atoms with van der Waals surface area (Å²) in [5.74, 6) is 0.642. The molecule has 2 aromatic carbocycles. The number of aromatic nitrogens is 4. The van der Waals surface area contributed by atoms with E-state index < -0.39 is 5.97 Å². The van der Waals surface area contributed by atoms with Crippen LogP contribution in [0.25, 0.3) is 27.6 Å². The Kier molecular flexibility index (Phi) is 5.63. The molecule has 0 N–H and O–H groups in total. The molecule has 0 saturated carbocycles. The first kappa shape index (κ1) is 21.3. The maximum Gasteiger partial charge on any atom is 0.374 e. The van der Waals surface area contributed by atoms with Crippen LogP contribution in [0, 0.1) is 0 Å². The third-order valence-electron chi connectivity index (χ3n) is 5.43. The van der Waals surface area contributed by atoms with Gasteiger partial charge >= 0.3 is 5.97 Å². The third kappa shape index (κ3) is 3.58. The van der Waals surface area contributed by atoms with Gasteiger partial charge in [0.2, 0.25) is 11.5 Å². The van der Waals surface area contributed by atoms with E-state index in [0.29, 0.717) is 34.2 Å². The molecular formula is C24H22N4O4S. The Balaban J connectivity index is 1.62. The summed E-state index contributed by atoms with van der Waals surface area (Å²) in [6.45, 7) is 4.59. The fourth-order valence-corrected chi connectivity index (χ4v) is 4.96. The number of carbonyl (C=O) groups is 1. The molecule has 0 bridgehead atoms. The van der Waals surface area contributed by atoms with Crippen molar-refractivity contribution in [3.8, 4) is 0 Å². The Bertz CT molecular complexity index is 1550. The standard InChI is InChI=1S/C24H22N4O4S/c1-3-13-27-21(29)16-10-5-7-11-18(16)28-23(27)25-26-24(28)33-14-17-15-9-6-8-12-19(15)32-20(17)22(30)31-4-2/h5-12H,3-4,13-14H2,1-2H3. The van der Waals surface area contributed by atoms with Gasteiger partial charge in [-0.15, -0.1) is 10.2 Å². The lowest BCUT2D eigenvalue weighted by molar-refractivity contribution is 0.0491. The highest BCUT2D eigenvalue weighted by Crippen LogP contribution is 2.32. The summed E-state index contributed by atoms with van der Waals surface area (Å²) < 4.78 is 14.6. The normalized spacial score (nSPS) is 11.6. The average Bonchev–Trinajstić information content (AvgIpc) is 3.42. The fourth-order valence-electron chi connectivity index (χ4n) is 3.99. The molecule has 3 aromatic heterocycles. The Morgan fingerprint density at radius 2 is 1.82 bits per heavy atom. The number of aryl methyl sites for hydroxylation is 1. The van der Waals surface area contributed by atoms with E-state index in [0.717, 1.165) is 22.9 Å². The van der Waals surface area contributed by atoms with Crippen LogP contribution >= 0.6 is 11.8 Å². The minimum atomic E-state index is -0.488. The quantitative estimate of drug-likeness (QED) is 0.256. The van der Waals surface area contributed by atoms with Crippen molar-refractivity contribution in [1.82, 2.24) is 19.2 Å². The highest BCUT2D eigenvalue weighted by Gasteiger charge is 2.23. The maximum absolute atomic E-state index is 13.0. The highest BCUT2D eigenvalue weighted by molar-refractivity contribution is 7.98. The van der Waals surface area contributed by atoms with Gasteiger partial charge in [-0.05, 0) is 31.5 Å².